The summed E-state index contributed by atoms with van der Waals surface area (Å²) in [7, 11) is 0. The number of carbonyl (C=O) groups is 1. The van der Waals surface area contributed by atoms with Gasteiger partial charge >= 0.3 is 0 Å². The number of nitrogens with zero attached hydrogens (tertiary/aromatic N) is 4. The van der Waals surface area contributed by atoms with E-state index in [1.165, 1.54) is 0 Å². The van der Waals surface area contributed by atoms with E-state index in [1.807, 2.05) is 55.5 Å². The molecule has 5 rings (SSSR count). The number of para-hydroxylation sites is 1. The highest BCUT2D eigenvalue weighted by atomic mass is 16.5. The normalized spacial score (nSPS) is 15.5. The molecule has 0 spiro atoms. The Labute approximate surface area is 174 Å². The summed E-state index contributed by atoms with van der Waals surface area (Å²) in [6.45, 7) is 3.74. The van der Waals surface area contributed by atoms with Crippen molar-refractivity contribution < 1.29 is 9.32 Å². The second-order valence-corrected chi connectivity index (χ2v) is 7.91. The summed E-state index contributed by atoms with van der Waals surface area (Å²) in [4.78, 5) is 22.2. The number of imidazole rings is 1. The number of amides is 1. The molecule has 30 heavy (non-hydrogen) atoms. The molecule has 1 saturated carbocycles. The summed E-state index contributed by atoms with van der Waals surface area (Å²) in [5, 5.41) is 7.30. The maximum Gasteiger partial charge on any atom is 0.252 e. The van der Waals surface area contributed by atoms with E-state index in [4.69, 9.17) is 4.52 Å². The Hall–Kier alpha value is -3.48. The number of benzene rings is 2. The molecule has 152 valence electrons. The van der Waals surface area contributed by atoms with Crippen LogP contribution < -0.4 is 5.32 Å². The van der Waals surface area contributed by atoms with Gasteiger partial charge in [0.15, 0.2) is 5.82 Å². The lowest BCUT2D eigenvalue weighted by Gasteiger charge is -2.26. The maximum atomic E-state index is 13.2. The molecule has 1 amide bonds. The van der Waals surface area contributed by atoms with Crippen LogP contribution in [-0.4, -0.2) is 25.6 Å². The molecular weight excluding hydrogens is 378 g/mol. The molecule has 1 aliphatic carbocycles. The number of fused-ring (bicyclic) bond motifs is 1. The van der Waals surface area contributed by atoms with Gasteiger partial charge in [0.25, 0.3) is 5.91 Å². The van der Waals surface area contributed by atoms with Crippen molar-refractivity contribution in [2.75, 3.05) is 0 Å². The summed E-state index contributed by atoms with van der Waals surface area (Å²) < 4.78 is 7.27. The van der Waals surface area contributed by atoms with Gasteiger partial charge in [0.2, 0.25) is 5.89 Å². The van der Waals surface area contributed by atoms with E-state index in [9.17, 15) is 4.79 Å². The minimum atomic E-state index is -0.566. The predicted octanol–water partition coefficient (Wildman–Crippen LogP) is 4.22. The van der Waals surface area contributed by atoms with Crippen molar-refractivity contribution in [3.05, 3.63) is 71.6 Å². The van der Waals surface area contributed by atoms with Crippen LogP contribution in [0, 0.1) is 13.8 Å². The van der Waals surface area contributed by atoms with Crippen LogP contribution in [-0.2, 0) is 5.54 Å². The van der Waals surface area contributed by atoms with E-state index in [0.29, 0.717) is 17.3 Å². The van der Waals surface area contributed by atoms with Gasteiger partial charge in [-0.3, -0.25) is 9.36 Å². The third-order valence-electron chi connectivity index (χ3n) is 5.86. The van der Waals surface area contributed by atoms with Crippen molar-refractivity contribution in [1.29, 1.82) is 0 Å². The first-order valence-electron chi connectivity index (χ1n) is 10.2. The number of carbonyl (C=O) groups excluding carboxylic acids is 1. The van der Waals surface area contributed by atoms with E-state index in [2.05, 4.69) is 25.0 Å². The summed E-state index contributed by atoms with van der Waals surface area (Å²) in [5.41, 5.74) is 2.82. The minimum Gasteiger partial charge on any atom is -0.340 e. The minimum absolute atomic E-state index is 0.145. The van der Waals surface area contributed by atoms with Crippen LogP contribution >= 0.6 is 0 Å². The molecule has 0 aliphatic heterocycles. The van der Waals surface area contributed by atoms with Crippen molar-refractivity contribution in [3.63, 3.8) is 0 Å². The molecule has 7 heteroatoms. The smallest absolute Gasteiger partial charge is 0.252 e. The molecule has 0 bridgehead atoms. The fraction of sp³-hybridized carbons (Fsp3) is 0.304. The van der Waals surface area contributed by atoms with Crippen LogP contribution in [0.4, 0.5) is 0 Å². The quantitative estimate of drug-likeness (QED) is 0.553. The number of nitrogens with one attached hydrogen (secondary N) is 1. The van der Waals surface area contributed by atoms with E-state index in [-0.39, 0.29) is 5.91 Å². The first-order chi connectivity index (χ1) is 14.6. The fourth-order valence-corrected chi connectivity index (χ4v) is 4.41. The van der Waals surface area contributed by atoms with Gasteiger partial charge in [0.1, 0.15) is 11.4 Å². The van der Waals surface area contributed by atoms with Crippen molar-refractivity contribution in [2.45, 2.75) is 45.1 Å². The zero-order valence-corrected chi connectivity index (χ0v) is 17.1. The molecule has 2 heterocycles. The van der Waals surface area contributed by atoms with Gasteiger partial charge in [-0.15, -0.1) is 0 Å². The van der Waals surface area contributed by atoms with Crippen molar-refractivity contribution in [1.82, 2.24) is 25.0 Å². The van der Waals surface area contributed by atoms with Gasteiger partial charge < -0.3 is 9.84 Å². The highest BCUT2D eigenvalue weighted by Gasteiger charge is 2.41. The largest absolute Gasteiger partial charge is 0.340 e. The van der Waals surface area contributed by atoms with E-state index in [0.717, 1.165) is 48.2 Å². The fourth-order valence-electron chi connectivity index (χ4n) is 4.41. The molecule has 0 atom stereocenters. The molecule has 1 N–H and O–H groups in total. The Morgan fingerprint density at radius 2 is 1.83 bits per heavy atom. The first-order valence-corrected chi connectivity index (χ1v) is 10.2. The molecule has 1 aliphatic rings. The number of hydrogen-bond donors (Lipinski definition) is 1. The van der Waals surface area contributed by atoms with E-state index >= 15 is 0 Å². The third kappa shape index (κ3) is 3.07. The van der Waals surface area contributed by atoms with Crippen LogP contribution in [0.5, 0.6) is 0 Å². The molecule has 4 aromatic rings. The van der Waals surface area contributed by atoms with Crippen molar-refractivity contribution in [3.8, 4) is 5.69 Å². The topological polar surface area (TPSA) is 85.8 Å². The molecule has 2 aromatic heterocycles. The summed E-state index contributed by atoms with van der Waals surface area (Å²) in [6.07, 6.45) is 3.66. The van der Waals surface area contributed by atoms with Crippen LogP contribution in [0.1, 0.15) is 53.6 Å². The number of rotatable bonds is 4. The lowest BCUT2D eigenvalue weighted by atomic mass is 9.96. The van der Waals surface area contributed by atoms with Crippen LogP contribution in [0.15, 0.2) is 53.1 Å². The lowest BCUT2D eigenvalue weighted by molar-refractivity contribution is 0.0892. The van der Waals surface area contributed by atoms with Gasteiger partial charge in [0.05, 0.1) is 11.0 Å². The average Bonchev–Trinajstić information content (AvgIpc) is 3.46. The molecular formula is C23H23N5O2. The van der Waals surface area contributed by atoms with Gasteiger partial charge in [-0.1, -0.05) is 36.2 Å². The predicted molar refractivity (Wildman–Crippen MR) is 112 cm³/mol. The van der Waals surface area contributed by atoms with Gasteiger partial charge in [-0.05, 0) is 50.1 Å². The molecule has 0 saturated heterocycles. The van der Waals surface area contributed by atoms with Crippen LogP contribution in [0.3, 0.4) is 0 Å². The lowest BCUT2D eigenvalue weighted by Crippen LogP contribution is -2.44. The maximum absolute atomic E-state index is 13.2. The van der Waals surface area contributed by atoms with Gasteiger partial charge in [-0.25, -0.2) is 4.98 Å². The molecule has 7 nitrogen and oxygen atoms in total. The first kappa shape index (κ1) is 18.5. The Kier molecular flexibility index (Phi) is 4.38. The summed E-state index contributed by atoms with van der Waals surface area (Å²) in [6, 6.07) is 15.7. The Morgan fingerprint density at radius 3 is 2.53 bits per heavy atom. The SMILES string of the molecule is Cc1nc(C2(NC(=O)c3ccc4c(c3)nc(C)n4-c3ccccc3)CCCC2)no1. The van der Waals surface area contributed by atoms with Crippen LogP contribution in [0.25, 0.3) is 16.7 Å². The summed E-state index contributed by atoms with van der Waals surface area (Å²) in [5.74, 6) is 1.81. The third-order valence-corrected chi connectivity index (χ3v) is 5.86. The van der Waals surface area contributed by atoms with Gasteiger partial charge in [0, 0.05) is 18.2 Å². The Morgan fingerprint density at radius 1 is 1.07 bits per heavy atom. The zero-order valence-electron chi connectivity index (χ0n) is 17.1. The monoisotopic (exact) mass is 401 g/mol. The van der Waals surface area contributed by atoms with Crippen molar-refractivity contribution in [2.24, 2.45) is 0 Å². The molecule has 1 fully saturated rings. The highest BCUT2D eigenvalue weighted by molar-refractivity contribution is 5.98. The van der Waals surface area contributed by atoms with Crippen LogP contribution in [0.2, 0.25) is 0 Å². The van der Waals surface area contributed by atoms with Gasteiger partial charge in [-0.2, -0.15) is 4.98 Å². The average molecular weight is 401 g/mol. The second kappa shape index (κ2) is 7.09. The summed E-state index contributed by atoms with van der Waals surface area (Å²) >= 11 is 0. The number of hydrogen-bond acceptors (Lipinski definition) is 5. The number of aromatic nitrogens is 4. The van der Waals surface area contributed by atoms with Crippen molar-refractivity contribution >= 4 is 16.9 Å². The Balaban J connectivity index is 1.48. The van der Waals surface area contributed by atoms with E-state index in [1.54, 1.807) is 6.92 Å². The zero-order chi connectivity index (χ0) is 20.7. The Bertz CT molecular complexity index is 1220. The number of aryl methyl sites for hydroxylation is 2. The highest BCUT2D eigenvalue weighted by Crippen LogP contribution is 2.37. The van der Waals surface area contributed by atoms with E-state index < -0.39 is 5.54 Å². The molecule has 2 aromatic carbocycles. The molecule has 0 unspecified atom stereocenters. The molecule has 0 radical (unpaired) electrons. The second-order valence-electron chi connectivity index (χ2n) is 7.91. The standard InChI is InChI=1S/C23H23N5O2/c1-15-24-19-14-17(10-11-20(19)28(15)18-8-4-3-5-9-18)21(29)26-23(12-6-7-13-23)22-25-16(2)30-27-22/h3-5,8-11,14H,6-7,12-13H2,1-2H3,(H,26,29).